The molecule has 0 bridgehead atoms. The molecule has 0 amide bonds. The molecule has 0 heterocycles. The molecule has 1 rings (SSSR count). The largest absolute Gasteiger partial charge is 0.446 e. The maximum atomic E-state index is 12.6. The van der Waals surface area contributed by atoms with Gasteiger partial charge in [-0.1, -0.05) is 69.2 Å². The third kappa shape index (κ3) is 8.55. The molecular weight excluding hydrogens is 332 g/mol. The fourth-order valence-corrected chi connectivity index (χ4v) is 2.69. The summed E-state index contributed by atoms with van der Waals surface area (Å²) in [6, 6.07) is 8.90. The average molecular weight is 361 g/mol. The van der Waals surface area contributed by atoms with Gasteiger partial charge in [-0.15, -0.1) is 5.54 Å². The summed E-state index contributed by atoms with van der Waals surface area (Å²) in [6.45, 7) is 9.79. The Bertz CT molecular complexity index is 623. The smallest absolute Gasteiger partial charge is 0.353 e. The maximum Gasteiger partial charge on any atom is 0.353 e. The first kappa shape index (κ1) is 21.0. The van der Waals surface area contributed by atoms with E-state index in [0.717, 1.165) is 12.8 Å². The lowest BCUT2D eigenvalue weighted by atomic mass is 10.1. The molecule has 0 radical (unpaired) electrons. The lowest BCUT2D eigenvalue weighted by Gasteiger charge is -2.19. The van der Waals surface area contributed by atoms with Crippen LogP contribution in [0.4, 0.5) is 0 Å². The van der Waals surface area contributed by atoms with E-state index >= 15 is 0 Å². The van der Waals surface area contributed by atoms with Crippen molar-refractivity contribution in [3.63, 3.8) is 0 Å². The van der Waals surface area contributed by atoms with E-state index in [9.17, 15) is 9.59 Å². The average Bonchev–Trinajstić information content (AvgIpc) is 2.54. The summed E-state index contributed by atoms with van der Waals surface area (Å²) in [5.41, 5.74) is 3.85. The number of rotatable bonds is 7. The number of carbonyl (C=O) groups excluding carboxylic acids is 2. The topological polar surface area (TPSA) is 52.6 Å². The molecule has 2 atom stereocenters. The SMILES string of the molecule is CCCC[C@@H](C#C[Si](C)(C)C)OC(=O)[C@H](OC(C)=O)c1ccccc1. The van der Waals surface area contributed by atoms with E-state index in [1.165, 1.54) is 6.92 Å². The summed E-state index contributed by atoms with van der Waals surface area (Å²) < 4.78 is 10.8. The second-order valence-corrected chi connectivity index (χ2v) is 11.7. The van der Waals surface area contributed by atoms with Crippen molar-refractivity contribution in [2.45, 2.75) is 65.0 Å². The van der Waals surface area contributed by atoms with Gasteiger partial charge in [0.1, 0.15) is 8.07 Å². The van der Waals surface area contributed by atoms with Gasteiger partial charge < -0.3 is 9.47 Å². The molecule has 1 aromatic carbocycles. The number of unbranched alkanes of at least 4 members (excludes halogenated alkanes) is 1. The van der Waals surface area contributed by atoms with Gasteiger partial charge in [-0.2, -0.15) is 0 Å². The molecular formula is C20H28O4Si. The zero-order valence-electron chi connectivity index (χ0n) is 15.8. The van der Waals surface area contributed by atoms with Gasteiger partial charge in [0.2, 0.25) is 6.10 Å². The van der Waals surface area contributed by atoms with Gasteiger partial charge in [0.25, 0.3) is 0 Å². The highest BCUT2D eigenvalue weighted by atomic mass is 28.3. The van der Waals surface area contributed by atoms with Gasteiger partial charge in [-0.25, -0.2) is 4.79 Å². The molecule has 4 nitrogen and oxygen atoms in total. The summed E-state index contributed by atoms with van der Waals surface area (Å²) in [6.07, 6.45) is 1.07. The fourth-order valence-electron chi connectivity index (χ4n) is 2.10. The Balaban J connectivity index is 2.96. The Hall–Kier alpha value is -2.06. The van der Waals surface area contributed by atoms with Crippen molar-refractivity contribution in [3.05, 3.63) is 35.9 Å². The molecule has 0 aliphatic rings. The standard InChI is InChI=1S/C20H28O4Si/c1-6-7-13-18(14-15-25(3,4)5)24-20(22)19(23-16(2)21)17-11-9-8-10-12-17/h8-12,18-19H,6-7,13H2,1-5H3/t18-,19+/m0/s1. The number of ether oxygens (including phenoxy) is 2. The van der Waals surface area contributed by atoms with E-state index in [2.05, 4.69) is 38.0 Å². The molecule has 0 aliphatic heterocycles. The van der Waals surface area contributed by atoms with Crippen molar-refractivity contribution >= 4 is 20.0 Å². The van der Waals surface area contributed by atoms with Crippen LogP contribution in [-0.2, 0) is 19.1 Å². The molecule has 0 unspecified atom stereocenters. The van der Waals surface area contributed by atoms with Crippen LogP contribution in [0.5, 0.6) is 0 Å². The highest BCUT2D eigenvalue weighted by Crippen LogP contribution is 2.21. The number of benzene rings is 1. The summed E-state index contributed by atoms with van der Waals surface area (Å²) in [7, 11) is -1.57. The van der Waals surface area contributed by atoms with E-state index in [1.54, 1.807) is 24.3 Å². The molecule has 0 saturated carbocycles. The Morgan fingerprint density at radius 2 is 1.76 bits per heavy atom. The number of carbonyl (C=O) groups is 2. The molecule has 0 aromatic heterocycles. The fraction of sp³-hybridized carbons (Fsp3) is 0.500. The van der Waals surface area contributed by atoms with Crippen molar-refractivity contribution in [1.82, 2.24) is 0 Å². The van der Waals surface area contributed by atoms with Crippen molar-refractivity contribution in [3.8, 4) is 11.5 Å². The highest BCUT2D eigenvalue weighted by Gasteiger charge is 2.27. The van der Waals surface area contributed by atoms with Gasteiger partial charge in [0.15, 0.2) is 6.10 Å². The predicted octanol–water partition coefficient (Wildman–Crippen LogP) is 4.27. The minimum atomic E-state index is -1.57. The molecule has 5 heteroatoms. The quantitative estimate of drug-likeness (QED) is 0.414. The summed E-state index contributed by atoms with van der Waals surface area (Å²) in [5, 5.41) is 0. The normalized spacial score (nSPS) is 13.2. The number of hydrogen-bond acceptors (Lipinski definition) is 4. The van der Waals surface area contributed by atoms with Gasteiger partial charge in [0.05, 0.1) is 0 Å². The predicted molar refractivity (Wildman–Crippen MR) is 101 cm³/mol. The van der Waals surface area contributed by atoms with Crippen LogP contribution in [0.15, 0.2) is 30.3 Å². The zero-order valence-corrected chi connectivity index (χ0v) is 16.8. The first-order valence-electron chi connectivity index (χ1n) is 8.68. The third-order valence-electron chi connectivity index (χ3n) is 3.29. The van der Waals surface area contributed by atoms with Crippen LogP contribution in [0.25, 0.3) is 0 Å². The van der Waals surface area contributed by atoms with E-state index in [-0.39, 0.29) is 0 Å². The first-order valence-corrected chi connectivity index (χ1v) is 12.2. The summed E-state index contributed by atoms with van der Waals surface area (Å²) in [4.78, 5) is 24.0. The van der Waals surface area contributed by atoms with Crippen LogP contribution >= 0.6 is 0 Å². The third-order valence-corrected chi connectivity index (χ3v) is 4.18. The number of esters is 2. The van der Waals surface area contributed by atoms with E-state index in [0.29, 0.717) is 12.0 Å². The Morgan fingerprint density at radius 1 is 1.12 bits per heavy atom. The van der Waals surface area contributed by atoms with Crippen LogP contribution in [0, 0.1) is 11.5 Å². The van der Waals surface area contributed by atoms with Crippen molar-refractivity contribution < 1.29 is 19.1 Å². The van der Waals surface area contributed by atoms with Crippen molar-refractivity contribution in [2.24, 2.45) is 0 Å². The van der Waals surface area contributed by atoms with Gasteiger partial charge in [0, 0.05) is 12.5 Å². The minimum absolute atomic E-state index is 0.471. The van der Waals surface area contributed by atoms with Crippen LogP contribution in [-0.4, -0.2) is 26.1 Å². The Morgan fingerprint density at radius 3 is 2.28 bits per heavy atom. The molecule has 0 fully saturated rings. The second-order valence-electron chi connectivity index (χ2n) is 6.99. The van der Waals surface area contributed by atoms with Crippen molar-refractivity contribution in [2.75, 3.05) is 0 Å². The first-order chi connectivity index (χ1) is 11.7. The second kappa shape index (κ2) is 10.0. The summed E-state index contributed by atoms with van der Waals surface area (Å²) in [5.74, 6) is 2.01. The summed E-state index contributed by atoms with van der Waals surface area (Å²) >= 11 is 0. The molecule has 136 valence electrons. The van der Waals surface area contributed by atoms with E-state index in [4.69, 9.17) is 9.47 Å². The monoisotopic (exact) mass is 360 g/mol. The lowest BCUT2D eigenvalue weighted by Crippen LogP contribution is -2.26. The van der Waals surface area contributed by atoms with E-state index < -0.39 is 32.2 Å². The molecule has 0 N–H and O–H groups in total. The Labute approximate surface area is 151 Å². The minimum Gasteiger partial charge on any atom is -0.446 e. The Kier molecular flexibility index (Phi) is 8.43. The molecule has 1 aromatic rings. The molecule has 0 spiro atoms. The molecule has 25 heavy (non-hydrogen) atoms. The van der Waals surface area contributed by atoms with Crippen LogP contribution < -0.4 is 0 Å². The van der Waals surface area contributed by atoms with Gasteiger partial charge >= 0.3 is 11.9 Å². The number of hydrogen-bond donors (Lipinski definition) is 0. The molecule has 0 saturated heterocycles. The van der Waals surface area contributed by atoms with Crippen molar-refractivity contribution in [1.29, 1.82) is 0 Å². The van der Waals surface area contributed by atoms with E-state index in [1.807, 2.05) is 6.07 Å². The van der Waals surface area contributed by atoms with Crippen LogP contribution in [0.1, 0.15) is 44.8 Å². The lowest BCUT2D eigenvalue weighted by molar-refractivity contribution is -0.169. The van der Waals surface area contributed by atoms with Crippen LogP contribution in [0.3, 0.4) is 0 Å². The zero-order chi connectivity index (χ0) is 18.9. The van der Waals surface area contributed by atoms with Gasteiger partial charge in [-0.05, 0) is 12.8 Å². The highest BCUT2D eigenvalue weighted by molar-refractivity contribution is 6.83. The van der Waals surface area contributed by atoms with Gasteiger partial charge in [-0.3, -0.25) is 4.79 Å². The maximum absolute atomic E-state index is 12.6. The van der Waals surface area contributed by atoms with Crippen LogP contribution in [0.2, 0.25) is 19.6 Å². The molecule has 0 aliphatic carbocycles.